The number of carbonyl (C=O) groups excluding carboxylic acids is 2. The van der Waals surface area contributed by atoms with Gasteiger partial charge in [0.2, 0.25) is 5.60 Å². The number of benzene rings is 1. The molecule has 0 saturated heterocycles. The van der Waals surface area contributed by atoms with Crippen molar-refractivity contribution in [3.8, 4) is 11.3 Å². The van der Waals surface area contributed by atoms with E-state index in [4.69, 9.17) is 10.5 Å². The van der Waals surface area contributed by atoms with Gasteiger partial charge in [-0.1, -0.05) is 0 Å². The normalized spacial score (nSPS) is 14.6. The number of amides is 1. The minimum absolute atomic E-state index is 0.150. The second-order valence-corrected chi connectivity index (χ2v) is 8.34. The van der Waals surface area contributed by atoms with E-state index in [1.165, 1.54) is 18.2 Å². The smallest absolute Gasteiger partial charge is 0.424 e. The molecule has 186 valence electrons. The fourth-order valence-electron chi connectivity index (χ4n) is 2.89. The molecule has 1 amide bonds. The van der Waals surface area contributed by atoms with Crippen LogP contribution in [0.4, 0.5) is 22.4 Å². The number of ether oxygens (including phenoxy) is 2. The van der Waals surface area contributed by atoms with Gasteiger partial charge < -0.3 is 25.6 Å². The lowest BCUT2D eigenvalue weighted by Gasteiger charge is -2.30. The average molecular weight is 487 g/mol. The van der Waals surface area contributed by atoms with Crippen molar-refractivity contribution in [1.82, 2.24) is 10.3 Å². The van der Waals surface area contributed by atoms with Gasteiger partial charge in [-0.15, -0.1) is 0 Å². The van der Waals surface area contributed by atoms with Crippen molar-refractivity contribution in [1.29, 1.82) is 0 Å². The highest BCUT2D eigenvalue weighted by Crippen LogP contribution is 2.39. The Bertz CT molecular complexity index is 1040. The second kappa shape index (κ2) is 9.94. The van der Waals surface area contributed by atoms with Gasteiger partial charge in [0.25, 0.3) is 0 Å². The fourth-order valence-corrected chi connectivity index (χ4v) is 2.89. The van der Waals surface area contributed by atoms with Gasteiger partial charge in [0.15, 0.2) is 6.04 Å². The monoisotopic (exact) mass is 487 g/mol. The zero-order valence-electron chi connectivity index (χ0n) is 18.9. The van der Waals surface area contributed by atoms with E-state index in [9.17, 15) is 32.3 Å². The number of carbonyl (C=O) groups is 2. The number of hydrogen-bond donors (Lipinski definition) is 3. The van der Waals surface area contributed by atoms with Crippen LogP contribution in [-0.2, 0) is 19.9 Å². The Labute approximate surface area is 193 Å². The quantitative estimate of drug-likeness (QED) is 0.422. The molecule has 0 aliphatic carbocycles. The molecular weight excluding hydrogens is 462 g/mol. The van der Waals surface area contributed by atoms with E-state index >= 15 is 0 Å². The lowest BCUT2D eigenvalue weighted by molar-refractivity contribution is -0.263. The molecule has 0 bridgehead atoms. The van der Waals surface area contributed by atoms with Crippen LogP contribution < -0.4 is 11.1 Å². The van der Waals surface area contributed by atoms with E-state index < -0.39 is 53.5 Å². The number of pyridine rings is 1. The van der Waals surface area contributed by atoms with Crippen LogP contribution in [0.5, 0.6) is 0 Å². The minimum atomic E-state index is -5.23. The molecule has 8 nitrogen and oxygen atoms in total. The van der Waals surface area contributed by atoms with Crippen LogP contribution in [0.25, 0.3) is 11.3 Å². The summed E-state index contributed by atoms with van der Waals surface area (Å²) in [6, 6.07) is 4.95. The van der Waals surface area contributed by atoms with Crippen LogP contribution in [0, 0.1) is 5.82 Å². The number of halogens is 4. The maximum Gasteiger partial charge on any atom is 0.424 e. The number of methoxy groups -OCH3 is 1. The molecule has 0 aliphatic heterocycles. The van der Waals surface area contributed by atoms with Crippen molar-refractivity contribution in [2.45, 2.75) is 44.2 Å². The van der Waals surface area contributed by atoms with Crippen molar-refractivity contribution in [2.24, 2.45) is 5.73 Å². The highest BCUT2D eigenvalue weighted by Gasteiger charge is 2.55. The van der Waals surface area contributed by atoms with Gasteiger partial charge in [-0.25, -0.2) is 19.0 Å². The number of alkyl halides is 3. The molecule has 1 aromatic carbocycles. The number of esters is 1. The zero-order valence-corrected chi connectivity index (χ0v) is 18.9. The van der Waals surface area contributed by atoms with Crippen LogP contribution in [0.1, 0.15) is 38.1 Å². The van der Waals surface area contributed by atoms with Gasteiger partial charge in [-0.05, 0) is 62.7 Å². The predicted molar refractivity (Wildman–Crippen MR) is 113 cm³/mol. The van der Waals surface area contributed by atoms with E-state index in [1.807, 2.05) is 0 Å². The van der Waals surface area contributed by atoms with Gasteiger partial charge in [-0.3, -0.25) is 0 Å². The molecule has 1 aromatic heterocycles. The standard InChI is InChI=1S/C22H25F4N3O5/c1-20(2,3)34-19(31)29-17(18(30)33-4)13-9-15(12-5-7-14(23)8-6-12)28-16(10-13)21(32,11-27)22(24,25)26/h5-10,17,32H,11,27H2,1-4H3,(H,29,31). The van der Waals surface area contributed by atoms with Gasteiger partial charge in [0, 0.05) is 12.1 Å². The third-order valence-corrected chi connectivity index (χ3v) is 4.61. The first-order valence-corrected chi connectivity index (χ1v) is 9.96. The van der Waals surface area contributed by atoms with Crippen molar-refractivity contribution in [3.05, 3.63) is 53.5 Å². The van der Waals surface area contributed by atoms with E-state index in [0.29, 0.717) is 0 Å². The van der Waals surface area contributed by atoms with Crippen LogP contribution >= 0.6 is 0 Å². The Kier molecular flexibility index (Phi) is 7.89. The molecule has 2 rings (SSSR count). The molecule has 2 unspecified atom stereocenters. The lowest BCUT2D eigenvalue weighted by Crippen LogP contribution is -2.49. The summed E-state index contributed by atoms with van der Waals surface area (Å²) in [4.78, 5) is 28.6. The maximum absolute atomic E-state index is 13.7. The second-order valence-electron chi connectivity index (χ2n) is 8.34. The van der Waals surface area contributed by atoms with Crippen molar-refractivity contribution >= 4 is 12.1 Å². The summed E-state index contributed by atoms with van der Waals surface area (Å²) in [6.07, 6.45) is -6.28. The molecular formula is C22H25F4N3O5. The molecule has 2 aromatic rings. The van der Waals surface area contributed by atoms with E-state index in [1.54, 1.807) is 20.8 Å². The van der Waals surface area contributed by atoms with E-state index in [0.717, 1.165) is 25.3 Å². The third kappa shape index (κ3) is 6.20. The summed E-state index contributed by atoms with van der Waals surface area (Å²) in [5.41, 5.74) is -0.383. The number of alkyl carbamates (subject to hydrolysis) is 1. The molecule has 2 atom stereocenters. The molecule has 0 fully saturated rings. The van der Waals surface area contributed by atoms with Gasteiger partial charge in [0.1, 0.15) is 11.4 Å². The van der Waals surface area contributed by atoms with Crippen LogP contribution in [-0.4, -0.2) is 47.6 Å². The summed E-state index contributed by atoms with van der Waals surface area (Å²) in [5.74, 6) is -1.63. The van der Waals surface area contributed by atoms with Crippen molar-refractivity contribution < 1.29 is 41.7 Å². The Balaban J connectivity index is 2.72. The lowest BCUT2D eigenvalue weighted by atomic mass is 9.93. The molecule has 0 aliphatic rings. The summed E-state index contributed by atoms with van der Waals surface area (Å²) in [5, 5.41) is 12.6. The Morgan fingerprint density at radius 3 is 2.21 bits per heavy atom. The van der Waals surface area contributed by atoms with E-state index in [2.05, 4.69) is 15.0 Å². The van der Waals surface area contributed by atoms with Crippen LogP contribution in [0.15, 0.2) is 36.4 Å². The first-order valence-electron chi connectivity index (χ1n) is 9.96. The topological polar surface area (TPSA) is 124 Å². The molecule has 34 heavy (non-hydrogen) atoms. The zero-order chi connectivity index (χ0) is 25.9. The molecule has 4 N–H and O–H groups in total. The molecule has 0 spiro atoms. The van der Waals surface area contributed by atoms with Crippen molar-refractivity contribution in [3.63, 3.8) is 0 Å². The first kappa shape index (κ1) is 27.0. The number of nitrogens with two attached hydrogens (primary N) is 1. The van der Waals surface area contributed by atoms with Gasteiger partial charge in [0.05, 0.1) is 18.5 Å². The number of rotatable bonds is 6. The van der Waals surface area contributed by atoms with Crippen LogP contribution in [0.3, 0.4) is 0 Å². The summed E-state index contributed by atoms with van der Waals surface area (Å²) < 4.78 is 64.4. The maximum atomic E-state index is 13.7. The minimum Gasteiger partial charge on any atom is -0.467 e. The number of nitrogens with zero attached hydrogens (tertiary/aromatic N) is 1. The SMILES string of the molecule is COC(=O)C(NC(=O)OC(C)(C)C)c1cc(-c2ccc(F)cc2)nc(C(O)(CN)C(F)(F)F)c1. The summed E-state index contributed by atoms with van der Waals surface area (Å²) in [6.45, 7) is 3.43. The van der Waals surface area contributed by atoms with Gasteiger partial charge in [-0.2, -0.15) is 13.2 Å². The van der Waals surface area contributed by atoms with Crippen molar-refractivity contribution in [2.75, 3.05) is 13.7 Å². The summed E-state index contributed by atoms with van der Waals surface area (Å²) >= 11 is 0. The number of nitrogens with one attached hydrogen (secondary N) is 1. The first-order chi connectivity index (χ1) is 15.6. The number of aromatic nitrogens is 1. The fraction of sp³-hybridized carbons (Fsp3) is 0.409. The molecule has 12 heteroatoms. The molecule has 0 saturated carbocycles. The Hall–Kier alpha value is -3.25. The Morgan fingerprint density at radius 1 is 1.15 bits per heavy atom. The highest BCUT2D eigenvalue weighted by atomic mass is 19.4. The highest BCUT2D eigenvalue weighted by molar-refractivity contribution is 5.83. The van der Waals surface area contributed by atoms with Crippen LogP contribution in [0.2, 0.25) is 0 Å². The summed E-state index contributed by atoms with van der Waals surface area (Å²) in [7, 11) is 1.01. The molecule has 0 radical (unpaired) electrons. The third-order valence-electron chi connectivity index (χ3n) is 4.61. The Morgan fingerprint density at radius 2 is 1.74 bits per heavy atom. The number of hydrogen-bond acceptors (Lipinski definition) is 7. The van der Waals surface area contributed by atoms with Gasteiger partial charge >= 0.3 is 18.2 Å². The number of aliphatic hydroxyl groups is 1. The predicted octanol–water partition coefficient (Wildman–Crippen LogP) is 3.34. The molecule has 1 heterocycles. The average Bonchev–Trinajstić information content (AvgIpc) is 2.74. The largest absolute Gasteiger partial charge is 0.467 e. The van der Waals surface area contributed by atoms with E-state index in [-0.39, 0.29) is 16.8 Å².